The van der Waals surface area contributed by atoms with Crippen molar-refractivity contribution in [1.82, 2.24) is 4.57 Å². The summed E-state index contributed by atoms with van der Waals surface area (Å²) in [4.78, 5) is 0. The number of para-hydroxylation sites is 2. The molecule has 0 radical (unpaired) electrons. The zero-order valence-electron chi connectivity index (χ0n) is 12.7. The van der Waals surface area contributed by atoms with E-state index < -0.39 is 0 Å². The number of hydrogen-bond acceptors (Lipinski definition) is 0. The highest BCUT2D eigenvalue weighted by atomic mass is 15.0. The molecular weight excluding hydrogens is 254 g/mol. The highest BCUT2D eigenvalue weighted by Gasteiger charge is 2.07. The van der Waals surface area contributed by atoms with Crippen molar-refractivity contribution in [3.8, 4) is 5.69 Å². The van der Waals surface area contributed by atoms with Gasteiger partial charge in [0, 0.05) is 21.6 Å². The van der Waals surface area contributed by atoms with Gasteiger partial charge in [-0.3, -0.25) is 0 Å². The molecule has 0 amide bonds. The van der Waals surface area contributed by atoms with Gasteiger partial charge in [0.1, 0.15) is 0 Å². The summed E-state index contributed by atoms with van der Waals surface area (Å²) in [6.45, 7) is 4.40. The van der Waals surface area contributed by atoms with E-state index in [0.717, 1.165) is 12.8 Å². The molecule has 0 unspecified atom stereocenters. The van der Waals surface area contributed by atoms with Crippen LogP contribution in [0.3, 0.4) is 0 Å². The van der Waals surface area contributed by atoms with Crippen molar-refractivity contribution in [2.45, 2.75) is 26.7 Å². The van der Waals surface area contributed by atoms with Crippen molar-refractivity contribution in [3.63, 3.8) is 0 Å². The first-order valence-corrected chi connectivity index (χ1v) is 7.72. The molecule has 0 fully saturated rings. The Hall–Kier alpha value is -2.28. The molecule has 0 aliphatic carbocycles. The predicted molar refractivity (Wildman–Crippen MR) is 92.0 cm³/mol. The minimum Gasteiger partial charge on any atom is -0.310 e. The lowest BCUT2D eigenvalue weighted by Gasteiger charge is -2.06. The number of hydrogen-bond donors (Lipinski definition) is 0. The molecule has 1 aromatic heterocycles. The summed E-state index contributed by atoms with van der Waals surface area (Å²) in [6.07, 6.45) is 6.75. The number of benzene rings is 2. The normalized spacial score (nSPS) is 13.2. The van der Waals surface area contributed by atoms with Crippen LogP contribution in [0.25, 0.3) is 28.7 Å². The lowest BCUT2D eigenvalue weighted by atomic mass is 10.2. The molecule has 1 heterocycles. The second kappa shape index (κ2) is 6.01. The molecule has 2 aromatic carbocycles. The van der Waals surface area contributed by atoms with E-state index in [1.807, 2.05) is 0 Å². The van der Waals surface area contributed by atoms with Crippen LogP contribution in [-0.2, 0) is 0 Å². The van der Waals surface area contributed by atoms with Gasteiger partial charge in [-0.1, -0.05) is 62.4 Å². The SMILES string of the molecule is CC/C=c1\c(=C/CC)n(-c2ccccc2)c2ccccc12. The van der Waals surface area contributed by atoms with Crippen LogP contribution in [-0.4, -0.2) is 4.57 Å². The van der Waals surface area contributed by atoms with Crippen LogP contribution in [0.2, 0.25) is 0 Å². The van der Waals surface area contributed by atoms with Crippen LogP contribution in [0.1, 0.15) is 26.7 Å². The third-order valence-electron chi connectivity index (χ3n) is 3.77. The Labute approximate surface area is 125 Å². The zero-order valence-corrected chi connectivity index (χ0v) is 12.7. The van der Waals surface area contributed by atoms with Crippen molar-refractivity contribution >= 4 is 23.1 Å². The number of fused-ring (bicyclic) bond motifs is 1. The van der Waals surface area contributed by atoms with Crippen molar-refractivity contribution < 1.29 is 0 Å². The molecule has 1 nitrogen and oxygen atoms in total. The maximum atomic E-state index is 2.38. The molecule has 0 bridgehead atoms. The summed E-state index contributed by atoms with van der Waals surface area (Å²) in [5, 5.41) is 4.01. The van der Waals surface area contributed by atoms with Crippen molar-refractivity contribution in [2.24, 2.45) is 0 Å². The molecule has 21 heavy (non-hydrogen) atoms. The first kappa shape index (κ1) is 13.7. The van der Waals surface area contributed by atoms with Gasteiger partial charge in [0.05, 0.1) is 5.52 Å². The lowest BCUT2D eigenvalue weighted by molar-refractivity contribution is 1.05. The molecule has 3 aromatic rings. The van der Waals surface area contributed by atoms with Crippen molar-refractivity contribution in [3.05, 3.63) is 65.2 Å². The molecule has 106 valence electrons. The van der Waals surface area contributed by atoms with Gasteiger partial charge in [0.2, 0.25) is 0 Å². The standard InChI is InChI=1S/C20H21N/c1-3-10-17-18-14-8-9-15-20(18)21(19(17)11-4-2)16-12-6-5-7-13-16/h5-15H,3-4H2,1-2H3/b17-10-,19-11+. The van der Waals surface area contributed by atoms with Crippen LogP contribution >= 0.6 is 0 Å². The molecule has 0 N–H and O–H groups in total. The van der Waals surface area contributed by atoms with E-state index in [2.05, 4.69) is 85.2 Å². The summed E-state index contributed by atoms with van der Waals surface area (Å²) in [5.74, 6) is 0. The third-order valence-corrected chi connectivity index (χ3v) is 3.77. The van der Waals surface area contributed by atoms with Gasteiger partial charge in [-0.25, -0.2) is 0 Å². The largest absolute Gasteiger partial charge is 0.310 e. The fourth-order valence-corrected chi connectivity index (χ4v) is 2.95. The maximum absolute atomic E-state index is 2.38. The highest BCUT2D eigenvalue weighted by Crippen LogP contribution is 2.14. The van der Waals surface area contributed by atoms with E-state index in [0.29, 0.717) is 0 Å². The topological polar surface area (TPSA) is 4.93 Å². The van der Waals surface area contributed by atoms with Gasteiger partial charge in [-0.05, 0) is 31.0 Å². The van der Waals surface area contributed by atoms with E-state index in [1.54, 1.807) is 0 Å². The third kappa shape index (κ3) is 2.40. The predicted octanol–water partition coefficient (Wildman–Crippen LogP) is 4.01. The van der Waals surface area contributed by atoms with Crippen LogP contribution < -0.4 is 10.6 Å². The molecule has 0 saturated heterocycles. The first-order valence-electron chi connectivity index (χ1n) is 7.72. The van der Waals surface area contributed by atoms with Crippen molar-refractivity contribution in [1.29, 1.82) is 0 Å². The fourth-order valence-electron chi connectivity index (χ4n) is 2.95. The molecule has 0 aliphatic rings. The molecule has 0 atom stereocenters. The van der Waals surface area contributed by atoms with Crippen LogP contribution in [0.4, 0.5) is 0 Å². The number of aromatic nitrogens is 1. The van der Waals surface area contributed by atoms with Gasteiger partial charge in [-0.15, -0.1) is 0 Å². The summed E-state index contributed by atoms with van der Waals surface area (Å²) < 4.78 is 2.38. The quantitative estimate of drug-likeness (QED) is 0.680. The molecule has 3 rings (SSSR count). The van der Waals surface area contributed by atoms with Crippen LogP contribution in [0.5, 0.6) is 0 Å². The number of rotatable bonds is 3. The molecular formula is C20H21N. The maximum Gasteiger partial charge on any atom is 0.0540 e. The molecule has 0 saturated carbocycles. The molecule has 1 heteroatoms. The Kier molecular flexibility index (Phi) is 3.92. The van der Waals surface area contributed by atoms with Gasteiger partial charge in [0.15, 0.2) is 0 Å². The monoisotopic (exact) mass is 275 g/mol. The fraction of sp³-hybridized carbons (Fsp3) is 0.200. The summed E-state index contributed by atoms with van der Waals surface area (Å²) in [7, 11) is 0. The first-order chi connectivity index (χ1) is 10.4. The minimum atomic E-state index is 1.04. The van der Waals surface area contributed by atoms with E-state index in [-0.39, 0.29) is 0 Å². The van der Waals surface area contributed by atoms with E-state index in [1.165, 1.54) is 27.2 Å². The summed E-state index contributed by atoms with van der Waals surface area (Å²) in [6, 6.07) is 19.3. The average molecular weight is 275 g/mol. The number of nitrogens with zero attached hydrogens (tertiary/aromatic N) is 1. The lowest BCUT2D eigenvalue weighted by Crippen LogP contribution is -2.28. The Morgan fingerprint density at radius 3 is 2.19 bits per heavy atom. The highest BCUT2D eigenvalue weighted by molar-refractivity contribution is 5.83. The second-order valence-corrected chi connectivity index (χ2v) is 5.21. The van der Waals surface area contributed by atoms with Gasteiger partial charge < -0.3 is 4.57 Å². The van der Waals surface area contributed by atoms with Gasteiger partial charge in [0.25, 0.3) is 0 Å². The Bertz CT molecular complexity index is 854. The van der Waals surface area contributed by atoms with Crippen LogP contribution in [0, 0.1) is 0 Å². The molecule has 0 spiro atoms. The second-order valence-electron chi connectivity index (χ2n) is 5.21. The van der Waals surface area contributed by atoms with Gasteiger partial charge in [-0.2, -0.15) is 0 Å². The van der Waals surface area contributed by atoms with E-state index in [9.17, 15) is 0 Å². The Balaban J connectivity index is 2.52. The van der Waals surface area contributed by atoms with Crippen LogP contribution in [0.15, 0.2) is 54.6 Å². The Morgan fingerprint density at radius 1 is 0.810 bits per heavy atom. The van der Waals surface area contributed by atoms with Gasteiger partial charge >= 0.3 is 0 Å². The minimum absolute atomic E-state index is 1.04. The summed E-state index contributed by atoms with van der Waals surface area (Å²) >= 11 is 0. The average Bonchev–Trinajstić information content (AvgIpc) is 2.83. The zero-order chi connectivity index (χ0) is 14.7. The van der Waals surface area contributed by atoms with E-state index >= 15 is 0 Å². The summed E-state index contributed by atoms with van der Waals surface area (Å²) in [5.41, 5.74) is 2.51. The smallest absolute Gasteiger partial charge is 0.0540 e. The molecule has 0 aliphatic heterocycles. The van der Waals surface area contributed by atoms with E-state index in [4.69, 9.17) is 0 Å². The van der Waals surface area contributed by atoms with Crippen molar-refractivity contribution in [2.75, 3.05) is 0 Å². The Morgan fingerprint density at radius 2 is 1.48 bits per heavy atom.